The van der Waals surface area contributed by atoms with Crippen LogP contribution in [0.5, 0.6) is 0 Å². The van der Waals surface area contributed by atoms with E-state index in [0.717, 1.165) is 18.0 Å². The Morgan fingerprint density at radius 2 is 2.00 bits per heavy atom. The molecule has 0 bridgehead atoms. The van der Waals surface area contributed by atoms with E-state index in [1.165, 1.54) is 62.1 Å². The summed E-state index contributed by atoms with van der Waals surface area (Å²) in [6.45, 7) is 3.04. The first-order chi connectivity index (χ1) is 8.76. The number of thiazole rings is 1. The van der Waals surface area contributed by atoms with Crippen LogP contribution in [0.25, 0.3) is 0 Å². The second-order valence-electron chi connectivity index (χ2n) is 6.22. The molecular formula is C15H24N2S. The first-order valence-electron chi connectivity index (χ1n) is 7.40. The van der Waals surface area contributed by atoms with E-state index in [2.05, 4.69) is 22.6 Å². The van der Waals surface area contributed by atoms with Crippen molar-refractivity contribution in [2.45, 2.75) is 70.9 Å². The van der Waals surface area contributed by atoms with Gasteiger partial charge in [0.15, 0.2) is 0 Å². The highest BCUT2D eigenvalue weighted by molar-refractivity contribution is 7.09. The molecule has 2 nitrogen and oxygen atoms in total. The first-order valence-corrected chi connectivity index (χ1v) is 8.28. The van der Waals surface area contributed by atoms with Gasteiger partial charge in [-0.2, -0.15) is 0 Å². The highest BCUT2D eigenvalue weighted by atomic mass is 32.1. The van der Waals surface area contributed by atoms with Gasteiger partial charge in [-0.3, -0.25) is 0 Å². The lowest BCUT2D eigenvalue weighted by molar-refractivity contribution is 0.168. The molecule has 0 aliphatic heterocycles. The number of rotatable bonds is 3. The summed E-state index contributed by atoms with van der Waals surface area (Å²) >= 11 is 1.76. The van der Waals surface area contributed by atoms with Crippen molar-refractivity contribution in [2.24, 2.45) is 5.41 Å². The molecule has 18 heavy (non-hydrogen) atoms. The Kier molecular flexibility index (Phi) is 3.71. The van der Waals surface area contributed by atoms with Crippen LogP contribution < -0.4 is 5.32 Å². The van der Waals surface area contributed by atoms with Crippen molar-refractivity contribution in [1.29, 1.82) is 0 Å². The van der Waals surface area contributed by atoms with E-state index < -0.39 is 0 Å². The molecule has 0 atom stereocenters. The van der Waals surface area contributed by atoms with Gasteiger partial charge in [-0.05, 0) is 50.9 Å². The summed E-state index contributed by atoms with van der Waals surface area (Å²) in [6, 6.07) is 0.734. The molecule has 1 spiro atoms. The minimum Gasteiger partial charge on any atom is -0.308 e. The molecule has 0 saturated heterocycles. The van der Waals surface area contributed by atoms with Gasteiger partial charge in [0.05, 0.1) is 10.7 Å². The molecule has 0 aromatic carbocycles. The minimum absolute atomic E-state index is 0.734. The van der Waals surface area contributed by atoms with E-state index in [9.17, 15) is 0 Å². The number of aromatic nitrogens is 1. The lowest BCUT2D eigenvalue weighted by Gasteiger charge is -2.37. The average Bonchev–Trinajstić information content (AvgIpc) is 2.99. The van der Waals surface area contributed by atoms with E-state index in [1.54, 1.807) is 11.3 Å². The van der Waals surface area contributed by atoms with Crippen LogP contribution in [0, 0.1) is 12.3 Å². The SMILES string of the molecule is Cc1nc(CNC2CCC3(CCCC3)CC2)cs1. The number of hydrogen-bond acceptors (Lipinski definition) is 3. The third kappa shape index (κ3) is 2.77. The summed E-state index contributed by atoms with van der Waals surface area (Å²) in [5, 5.41) is 7.07. The van der Waals surface area contributed by atoms with Crippen molar-refractivity contribution >= 4 is 11.3 Å². The molecule has 2 aliphatic rings. The largest absolute Gasteiger partial charge is 0.308 e. The van der Waals surface area contributed by atoms with Gasteiger partial charge in [0, 0.05) is 18.0 Å². The van der Waals surface area contributed by atoms with Crippen LogP contribution in [0.1, 0.15) is 62.1 Å². The molecular weight excluding hydrogens is 240 g/mol. The van der Waals surface area contributed by atoms with Crippen molar-refractivity contribution in [3.63, 3.8) is 0 Å². The zero-order valence-electron chi connectivity index (χ0n) is 11.4. The molecule has 3 rings (SSSR count). The van der Waals surface area contributed by atoms with Crippen molar-refractivity contribution in [2.75, 3.05) is 0 Å². The topological polar surface area (TPSA) is 24.9 Å². The lowest BCUT2D eigenvalue weighted by atomic mass is 9.71. The van der Waals surface area contributed by atoms with Gasteiger partial charge in [0.2, 0.25) is 0 Å². The Morgan fingerprint density at radius 1 is 1.28 bits per heavy atom. The monoisotopic (exact) mass is 264 g/mol. The maximum Gasteiger partial charge on any atom is 0.0897 e. The molecule has 0 unspecified atom stereocenters. The van der Waals surface area contributed by atoms with Crippen LogP contribution >= 0.6 is 11.3 Å². The first kappa shape index (κ1) is 12.6. The number of nitrogens with zero attached hydrogens (tertiary/aromatic N) is 1. The summed E-state index contributed by atoms with van der Waals surface area (Å²) in [7, 11) is 0. The summed E-state index contributed by atoms with van der Waals surface area (Å²) < 4.78 is 0. The van der Waals surface area contributed by atoms with E-state index in [1.807, 2.05) is 0 Å². The smallest absolute Gasteiger partial charge is 0.0897 e. The molecule has 2 fully saturated rings. The van der Waals surface area contributed by atoms with Gasteiger partial charge in [0.1, 0.15) is 0 Å². The Balaban J connectivity index is 1.45. The second kappa shape index (κ2) is 5.30. The third-order valence-electron chi connectivity index (χ3n) is 4.95. The Bertz CT molecular complexity index is 383. The van der Waals surface area contributed by atoms with Gasteiger partial charge in [-0.1, -0.05) is 12.8 Å². The van der Waals surface area contributed by atoms with Crippen LogP contribution in [0.15, 0.2) is 5.38 Å². The van der Waals surface area contributed by atoms with Gasteiger partial charge >= 0.3 is 0 Å². The number of nitrogens with one attached hydrogen (secondary N) is 1. The fourth-order valence-corrected chi connectivity index (χ4v) is 4.41. The summed E-state index contributed by atoms with van der Waals surface area (Å²) in [5.74, 6) is 0. The van der Waals surface area contributed by atoms with Gasteiger partial charge < -0.3 is 5.32 Å². The van der Waals surface area contributed by atoms with Gasteiger partial charge in [0.25, 0.3) is 0 Å². The Labute approximate surface area is 114 Å². The quantitative estimate of drug-likeness (QED) is 0.891. The molecule has 1 aromatic rings. The Morgan fingerprint density at radius 3 is 2.61 bits per heavy atom. The van der Waals surface area contributed by atoms with Gasteiger partial charge in [-0.15, -0.1) is 11.3 Å². The minimum atomic E-state index is 0.734. The fourth-order valence-electron chi connectivity index (χ4n) is 3.80. The summed E-state index contributed by atoms with van der Waals surface area (Å²) in [5.41, 5.74) is 1.98. The molecule has 1 N–H and O–H groups in total. The molecule has 0 amide bonds. The fraction of sp³-hybridized carbons (Fsp3) is 0.800. The summed E-state index contributed by atoms with van der Waals surface area (Å²) in [4.78, 5) is 4.52. The number of hydrogen-bond donors (Lipinski definition) is 1. The van der Waals surface area contributed by atoms with Crippen LogP contribution in [0.3, 0.4) is 0 Å². The van der Waals surface area contributed by atoms with Gasteiger partial charge in [-0.25, -0.2) is 4.98 Å². The molecule has 0 radical (unpaired) electrons. The number of aryl methyl sites for hydroxylation is 1. The standard InChI is InChI=1S/C15H24N2S/c1-12-17-14(11-18-12)10-16-13-4-8-15(9-5-13)6-2-3-7-15/h11,13,16H,2-10H2,1H3. The maximum atomic E-state index is 4.52. The van der Waals surface area contributed by atoms with E-state index >= 15 is 0 Å². The predicted molar refractivity (Wildman–Crippen MR) is 76.8 cm³/mol. The maximum absolute atomic E-state index is 4.52. The Hall–Kier alpha value is -0.410. The van der Waals surface area contributed by atoms with E-state index in [-0.39, 0.29) is 0 Å². The normalized spacial score (nSPS) is 23.8. The predicted octanol–water partition coefficient (Wildman–Crippen LogP) is 4.04. The van der Waals surface area contributed by atoms with E-state index in [0.29, 0.717) is 0 Å². The summed E-state index contributed by atoms with van der Waals surface area (Å²) in [6.07, 6.45) is 11.6. The highest BCUT2D eigenvalue weighted by Crippen LogP contribution is 2.48. The molecule has 100 valence electrons. The van der Waals surface area contributed by atoms with Crippen molar-refractivity contribution in [3.05, 3.63) is 16.1 Å². The zero-order valence-corrected chi connectivity index (χ0v) is 12.2. The molecule has 1 aromatic heterocycles. The van der Waals surface area contributed by atoms with Crippen LogP contribution in [0.2, 0.25) is 0 Å². The molecule has 2 aliphatic carbocycles. The zero-order chi connectivity index (χ0) is 12.4. The molecule has 2 saturated carbocycles. The van der Waals surface area contributed by atoms with Crippen molar-refractivity contribution < 1.29 is 0 Å². The van der Waals surface area contributed by atoms with E-state index in [4.69, 9.17) is 0 Å². The van der Waals surface area contributed by atoms with Crippen LogP contribution in [-0.4, -0.2) is 11.0 Å². The second-order valence-corrected chi connectivity index (χ2v) is 7.28. The lowest BCUT2D eigenvalue weighted by Crippen LogP contribution is -2.36. The van der Waals surface area contributed by atoms with Crippen molar-refractivity contribution in [1.82, 2.24) is 10.3 Å². The molecule has 1 heterocycles. The van der Waals surface area contributed by atoms with Crippen LogP contribution in [-0.2, 0) is 6.54 Å². The van der Waals surface area contributed by atoms with Crippen molar-refractivity contribution in [3.8, 4) is 0 Å². The third-order valence-corrected chi connectivity index (χ3v) is 5.77. The average molecular weight is 264 g/mol. The highest BCUT2D eigenvalue weighted by Gasteiger charge is 2.37. The van der Waals surface area contributed by atoms with Crippen LogP contribution in [0.4, 0.5) is 0 Å². The molecule has 3 heteroatoms.